The zero-order valence-electron chi connectivity index (χ0n) is 10.7. The Hall–Kier alpha value is -2.37. The number of hydrogen-bond donors (Lipinski definition) is 1. The first-order valence-corrected chi connectivity index (χ1v) is 5.84. The first-order valence-electron chi connectivity index (χ1n) is 5.84. The molecule has 1 N–H and O–H groups in total. The first-order chi connectivity index (χ1) is 8.93. The zero-order valence-corrected chi connectivity index (χ0v) is 10.7. The standard InChI is InChI=1S/C13H14N2O4/c1-8-4-3-5-9-11(8)14(2)13(19)15(12(9)18)7-6-10(16)17/h3-5H,6-7H2,1-2H3,(H,16,17). The van der Waals surface area contributed by atoms with Crippen LogP contribution >= 0.6 is 0 Å². The van der Waals surface area contributed by atoms with Gasteiger partial charge in [0.05, 0.1) is 17.3 Å². The molecule has 0 bridgehead atoms. The van der Waals surface area contributed by atoms with Crippen LogP contribution in [0.15, 0.2) is 27.8 Å². The van der Waals surface area contributed by atoms with Crippen molar-refractivity contribution >= 4 is 16.9 Å². The lowest BCUT2D eigenvalue weighted by molar-refractivity contribution is -0.137. The highest BCUT2D eigenvalue weighted by Gasteiger charge is 2.12. The van der Waals surface area contributed by atoms with Crippen LogP contribution in [0, 0.1) is 6.92 Å². The van der Waals surface area contributed by atoms with Gasteiger partial charge in [-0.05, 0) is 18.6 Å². The lowest BCUT2D eigenvalue weighted by Gasteiger charge is -2.11. The fourth-order valence-corrected chi connectivity index (χ4v) is 2.19. The quantitative estimate of drug-likeness (QED) is 0.872. The van der Waals surface area contributed by atoms with E-state index in [2.05, 4.69) is 0 Å². The third-order valence-electron chi connectivity index (χ3n) is 3.12. The monoisotopic (exact) mass is 262 g/mol. The molecular formula is C13H14N2O4. The second-order valence-electron chi connectivity index (χ2n) is 4.41. The van der Waals surface area contributed by atoms with Crippen LogP contribution in [0.1, 0.15) is 12.0 Å². The molecule has 19 heavy (non-hydrogen) atoms. The van der Waals surface area contributed by atoms with Crippen LogP contribution in [-0.4, -0.2) is 20.2 Å². The van der Waals surface area contributed by atoms with Crippen molar-refractivity contribution in [3.05, 3.63) is 44.6 Å². The highest BCUT2D eigenvalue weighted by atomic mass is 16.4. The summed E-state index contributed by atoms with van der Waals surface area (Å²) in [7, 11) is 1.58. The lowest BCUT2D eigenvalue weighted by atomic mass is 10.1. The third kappa shape index (κ3) is 2.16. The van der Waals surface area contributed by atoms with Crippen molar-refractivity contribution < 1.29 is 9.90 Å². The topological polar surface area (TPSA) is 81.3 Å². The molecule has 0 aliphatic heterocycles. The maximum Gasteiger partial charge on any atom is 0.331 e. The van der Waals surface area contributed by atoms with E-state index in [1.165, 1.54) is 4.57 Å². The number of para-hydroxylation sites is 1. The van der Waals surface area contributed by atoms with Crippen LogP contribution in [0.3, 0.4) is 0 Å². The predicted molar refractivity (Wildman–Crippen MR) is 70.4 cm³/mol. The van der Waals surface area contributed by atoms with Crippen molar-refractivity contribution in [1.29, 1.82) is 0 Å². The van der Waals surface area contributed by atoms with E-state index in [1.54, 1.807) is 19.2 Å². The minimum atomic E-state index is -1.04. The van der Waals surface area contributed by atoms with Gasteiger partial charge in [0.1, 0.15) is 0 Å². The van der Waals surface area contributed by atoms with Crippen molar-refractivity contribution in [1.82, 2.24) is 9.13 Å². The Kier molecular flexibility index (Phi) is 3.25. The second kappa shape index (κ2) is 4.72. The largest absolute Gasteiger partial charge is 0.481 e. The van der Waals surface area contributed by atoms with Gasteiger partial charge in [-0.15, -0.1) is 0 Å². The average Bonchev–Trinajstić information content (AvgIpc) is 2.35. The van der Waals surface area contributed by atoms with E-state index in [4.69, 9.17) is 5.11 Å². The van der Waals surface area contributed by atoms with Gasteiger partial charge in [0, 0.05) is 13.6 Å². The SMILES string of the molecule is Cc1cccc2c(=O)n(CCC(=O)O)c(=O)n(C)c12. The summed E-state index contributed by atoms with van der Waals surface area (Å²) in [6.45, 7) is 1.70. The van der Waals surface area contributed by atoms with Gasteiger partial charge in [0.25, 0.3) is 5.56 Å². The maximum atomic E-state index is 12.2. The molecule has 0 amide bonds. The first kappa shape index (κ1) is 13.1. The summed E-state index contributed by atoms with van der Waals surface area (Å²) in [5, 5.41) is 9.08. The Bertz CT molecular complexity index is 771. The molecule has 0 saturated carbocycles. The van der Waals surface area contributed by atoms with Crippen LogP contribution in [0.25, 0.3) is 10.9 Å². The highest BCUT2D eigenvalue weighted by molar-refractivity contribution is 5.81. The number of aliphatic carboxylic acids is 1. The number of fused-ring (bicyclic) bond motifs is 1. The number of carbonyl (C=O) groups is 1. The second-order valence-corrected chi connectivity index (χ2v) is 4.41. The van der Waals surface area contributed by atoms with Gasteiger partial charge in [-0.3, -0.25) is 18.7 Å². The summed E-state index contributed by atoms with van der Waals surface area (Å²) < 4.78 is 2.35. The van der Waals surface area contributed by atoms with Gasteiger partial charge < -0.3 is 5.11 Å². The summed E-state index contributed by atoms with van der Waals surface area (Å²) in [5.74, 6) is -1.04. The molecule has 0 unspecified atom stereocenters. The average molecular weight is 262 g/mol. The van der Waals surface area contributed by atoms with Crippen LogP contribution in [-0.2, 0) is 18.4 Å². The zero-order chi connectivity index (χ0) is 14.2. The highest BCUT2D eigenvalue weighted by Crippen LogP contribution is 2.12. The summed E-state index contributed by atoms with van der Waals surface area (Å²) in [4.78, 5) is 34.9. The minimum Gasteiger partial charge on any atom is -0.481 e. The predicted octanol–water partition coefficient (Wildman–Crippen LogP) is 0.483. The maximum absolute atomic E-state index is 12.2. The Balaban J connectivity index is 2.78. The molecule has 0 spiro atoms. The minimum absolute atomic E-state index is 0.120. The van der Waals surface area contributed by atoms with Crippen LogP contribution in [0.5, 0.6) is 0 Å². The number of nitrogens with zero attached hydrogens (tertiary/aromatic N) is 2. The lowest BCUT2D eigenvalue weighted by Crippen LogP contribution is -2.39. The van der Waals surface area contributed by atoms with Crippen LogP contribution in [0.2, 0.25) is 0 Å². The van der Waals surface area contributed by atoms with E-state index in [0.717, 1.165) is 10.1 Å². The summed E-state index contributed by atoms with van der Waals surface area (Å²) in [5.41, 5.74) is 0.486. The Morgan fingerprint density at radius 2 is 2.00 bits per heavy atom. The molecule has 1 heterocycles. The van der Waals surface area contributed by atoms with E-state index in [0.29, 0.717) is 10.9 Å². The molecule has 2 rings (SSSR count). The fourth-order valence-electron chi connectivity index (χ4n) is 2.19. The fraction of sp³-hybridized carbons (Fsp3) is 0.308. The molecule has 2 aromatic rings. The smallest absolute Gasteiger partial charge is 0.331 e. The van der Waals surface area contributed by atoms with Crippen LogP contribution < -0.4 is 11.2 Å². The number of carboxylic acids is 1. The van der Waals surface area contributed by atoms with E-state index < -0.39 is 17.2 Å². The Labute approximate surface area is 108 Å². The van der Waals surface area contributed by atoms with Gasteiger partial charge in [-0.1, -0.05) is 12.1 Å². The number of carboxylic acid groups (broad SMARTS) is 1. The van der Waals surface area contributed by atoms with Gasteiger partial charge in [-0.25, -0.2) is 4.79 Å². The molecular weight excluding hydrogens is 248 g/mol. The van der Waals surface area contributed by atoms with Crippen molar-refractivity contribution in [2.45, 2.75) is 19.9 Å². The molecule has 100 valence electrons. The van der Waals surface area contributed by atoms with Crippen LogP contribution in [0.4, 0.5) is 0 Å². The molecule has 0 aliphatic rings. The van der Waals surface area contributed by atoms with Gasteiger partial charge in [0.15, 0.2) is 0 Å². The number of aryl methyl sites for hydroxylation is 2. The van der Waals surface area contributed by atoms with Crippen molar-refractivity contribution in [2.24, 2.45) is 7.05 Å². The van der Waals surface area contributed by atoms with Gasteiger partial charge in [-0.2, -0.15) is 0 Å². The molecule has 0 radical (unpaired) electrons. The summed E-state index contributed by atoms with van der Waals surface area (Å²) in [6.07, 6.45) is -0.257. The molecule has 6 heteroatoms. The van der Waals surface area contributed by atoms with E-state index in [9.17, 15) is 14.4 Å². The number of benzene rings is 1. The summed E-state index contributed by atoms with van der Waals surface area (Å²) in [6, 6.07) is 5.20. The van der Waals surface area contributed by atoms with Gasteiger partial charge in [0.2, 0.25) is 0 Å². The van der Waals surface area contributed by atoms with Gasteiger partial charge >= 0.3 is 11.7 Å². The Morgan fingerprint density at radius 3 is 2.63 bits per heavy atom. The van der Waals surface area contributed by atoms with Crippen molar-refractivity contribution in [3.63, 3.8) is 0 Å². The molecule has 0 atom stereocenters. The number of rotatable bonds is 3. The third-order valence-corrected chi connectivity index (χ3v) is 3.12. The van der Waals surface area contributed by atoms with Crippen molar-refractivity contribution in [2.75, 3.05) is 0 Å². The molecule has 1 aromatic carbocycles. The van der Waals surface area contributed by atoms with E-state index in [-0.39, 0.29) is 13.0 Å². The Morgan fingerprint density at radius 1 is 1.32 bits per heavy atom. The molecule has 0 saturated heterocycles. The summed E-state index contributed by atoms with van der Waals surface area (Å²) >= 11 is 0. The van der Waals surface area contributed by atoms with E-state index >= 15 is 0 Å². The normalized spacial score (nSPS) is 10.8. The van der Waals surface area contributed by atoms with Crippen molar-refractivity contribution in [3.8, 4) is 0 Å². The molecule has 6 nitrogen and oxygen atoms in total. The van der Waals surface area contributed by atoms with E-state index in [1.807, 2.05) is 13.0 Å². The molecule has 1 aromatic heterocycles. The number of aromatic nitrogens is 2. The molecule has 0 fully saturated rings. The number of hydrogen-bond acceptors (Lipinski definition) is 3. The molecule has 0 aliphatic carbocycles.